The summed E-state index contributed by atoms with van der Waals surface area (Å²) in [5, 5.41) is 3.63. The lowest BCUT2D eigenvalue weighted by atomic mass is 9.87. The molecule has 3 aliphatic heterocycles. The molecule has 0 saturated carbocycles. The molecular weight excluding hydrogens is 324 g/mol. The highest BCUT2D eigenvalue weighted by molar-refractivity contribution is 5.80. The van der Waals surface area contributed by atoms with Crippen molar-refractivity contribution < 1.29 is 4.74 Å². The molecule has 1 aromatic carbocycles. The first-order chi connectivity index (χ1) is 12.7. The van der Waals surface area contributed by atoms with Crippen LogP contribution in [-0.4, -0.2) is 68.2 Å². The highest BCUT2D eigenvalue weighted by Gasteiger charge is 2.42. The highest BCUT2D eigenvalue weighted by Crippen LogP contribution is 2.38. The van der Waals surface area contributed by atoms with E-state index in [2.05, 4.69) is 51.3 Å². The monoisotopic (exact) mass is 356 g/mol. The van der Waals surface area contributed by atoms with Crippen molar-refractivity contribution in [2.24, 2.45) is 10.4 Å². The van der Waals surface area contributed by atoms with Gasteiger partial charge in [-0.05, 0) is 37.3 Å². The Morgan fingerprint density at radius 2 is 2.12 bits per heavy atom. The minimum atomic E-state index is 0.375. The summed E-state index contributed by atoms with van der Waals surface area (Å²) >= 11 is 0. The van der Waals surface area contributed by atoms with E-state index < -0.39 is 0 Å². The van der Waals surface area contributed by atoms with Crippen molar-refractivity contribution in [2.45, 2.75) is 38.8 Å². The van der Waals surface area contributed by atoms with E-state index in [1.165, 1.54) is 24.0 Å². The molecule has 3 heterocycles. The Labute approximate surface area is 157 Å². The number of hydrogen-bond acceptors (Lipinski definition) is 3. The van der Waals surface area contributed by atoms with Crippen LogP contribution in [0.1, 0.15) is 30.9 Å². The molecule has 0 bridgehead atoms. The molecule has 3 aliphatic rings. The van der Waals surface area contributed by atoms with E-state index in [9.17, 15) is 0 Å². The lowest BCUT2D eigenvalue weighted by Gasteiger charge is -2.34. The van der Waals surface area contributed by atoms with Crippen LogP contribution in [0.3, 0.4) is 0 Å². The van der Waals surface area contributed by atoms with Crippen molar-refractivity contribution in [3.63, 3.8) is 0 Å². The fraction of sp³-hybridized carbons (Fsp3) is 0.667. The Hall–Kier alpha value is -1.59. The maximum absolute atomic E-state index is 5.66. The molecule has 2 unspecified atom stereocenters. The molecule has 2 saturated heterocycles. The largest absolute Gasteiger partial charge is 0.381 e. The fourth-order valence-corrected chi connectivity index (χ4v) is 4.68. The molecule has 26 heavy (non-hydrogen) atoms. The van der Waals surface area contributed by atoms with Crippen molar-refractivity contribution in [1.82, 2.24) is 15.1 Å². The number of ether oxygens (including phenoxy) is 1. The second kappa shape index (κ2) is 7.57. The zero-order valence-electron chi connectivity index (χ0n) is 16.2. The van der Waals surface area contributed by atoms with Crippen molar-refractivity contribution in [3.05, 3.63) is 35.4 Å². The predicted molar refractivity (Wildman–Crippen MR) is 105 cm³/mol. The summed E-state index contributed by atoms with van der Waals surface area (Å²) < 4.78 is 5.66. The smallest absolute Gasteiger partial charge is 0.193 e. The van der Waals surface area contributed by atoms with Crippen molar-refractivity contribution in [2.75, 3.05) is 46.4 Å². The van der Waals surface area contributed by atoms with Gasteiger partial charge >= 0.3 is 0 Å². The molecule has 0 amide bonds. The summed E-state index contributed by atoms with van der Waals surface area (Å²) in [6.07, 6.45) is 3.58. The van der Waals surface area contributed by atoms with Crippen LogP contribution in [0.4, 0.5) is 0 Å². The Morgan fingerprint density at radius 1 is 1.27 bits per heavy atom. The third-order valence-electron chi connectivity index (χ3n) is 6.47. The summed E-state index contributed by atoms with van der Waals surface area (Å²) in [6.45, 7) is 9.48. The van der Waals surface area contributed by atoms with Crippen molar-refractivity contribution in [1.29, 1.82) is 0 Å². The van der Waals surface area contributed by atoms with Gasteiger partial charge in [0.05, 0.1) is 6.61 Å². The molecule has 2 fully saturated rings. The van der Waals surface area contributed by atoms with Gasteiger partial charge in [-0.25, -0.2) is 0 Å². The van der Waals surface area contributed by atoms with Crippen LogP contribution in [0.15, 0.2) is 29.3 Å². The molecule has 5 nitrogen and oxygen atoms in total. The van der Waals surface area contributed by atoms with Gasteiger partial charge in [0.1, 0.15) is 0 Å². The van der Waals surface area contributed by atoms with Crippen molar-refractivity contribution in [3.8, 4) is 0 Å². The van der Waals surface area contributed by atoms with Gasteiger partial charge in [0.25, 0.3) is 0 Å². The summed E-state index contributed by atoms with van der Waals surface area (Å²) in [7, 11) is 1.90. The van der Waals surface area contributed by atoms with E-state index in [1.807, 2.05) is 7.05 Å². The van der Waals surface area contributed by atoms with Crippen molar-refractivity contribution >= 4 is 5.96 Å². The summed E-state index contributed by atoms with van der Waals surface area (Å²) in [4.78, 5) is 9.56. The average molecular weight is 357 g/mol. The van der Waals surface area contributed by atoms with Gasteiger partial charge in [-0.2, -0.15) is 0 Å². The quantitative estimate of drug-likeness (QED) is 0.665. The first kappa shape index (κ1) is 17.8. The Kier molecular flexibility index (Phi) is 5.18. The van der Waals surface area contributed by atoms with Gasteiger partial charge in [0.15, 0.2) is 5.96 Å². The number of benzene rings is 1. The lowest BCUT2D eigenvalue weighted by Crippen LogP contribution is -2.48. The Morgan fingerprint density at radius 3 is 2.88 bits per heavy atom. The molecule has 2 atom stereocenters. The van der Waals surface area contributed by atoms with E-state index in [-0.39, 0.29) is 0 Å². The van der Waals surface area contributed by atoms with E-state index in [0.717, 1.165) is 58.3 Å². The zero-order chi connectivity index (χ0) is 18.0. The minimum Gasteiger partial charge on any atom is -0.381 e. The minimum absolute atomic E-state index is 0.375. The molecule has 0 radical (unpaired) electrons. The Bertz CT molecular complexity index is 653. The number of aliphatic imine (C=N–C) groups is 1. The van der Waals surface area contributed by atoms with Crippen LogP contribution in [-0.2, 0) is 17.7 Å². The highest BCUT2D eigenvalue weighted by atomic mass is 16.5. The molecule has 5 heteroatoms. The van der Waals surface area contributed by atoms with Crippen LogP contribution in [0, 0.1) is 5.41 Å². The van der Waals surface area contributed by atoms with Gasteiger partial charge in [0, 0.05) is 57.8 Å². The van der Waals surface area contributed by atoms with E-state index in [4.69, 9.17) is 4.74 Å². The maximum atomic E-state index is 5.66. The number of nitrogens with zero attached hydrogens (tertiary/aromatic N) is 3. The molecule has 4 rings (SSSR count). The summed E-state index contributed by atoms with van der Waals surface area (Å²) in [5.74, 6) is 1.05. The Balaban J connectivity index is 1.30. The number of hydrogen-bond donors (Lipinski definition) is 1. The van der Waals surface area contributed by atoms with E-state index in [1.54, 1.807) is 0 Å². The molecule has 0 aromatic heterocycles. The predicted octanol–water partition coefficient (Wildman–Crippen LogP) is 2.12. The number of nitrogens with one attached hydrogen (secondary N) is 1. The summed E-state index contributed by atoms with van der Waals surface area (Å²) in [6, 6.07) is 9.35. The van der Waals surface area contributed by atoms with Crippen LogP contribution < -0.4 is 5.32 Å². The van der Waals surface area contributed by atoms with Crippen LogP contribution >= 0.6 is 0 Å². The molecule has 1 N–H and O–H groups in total. The van der Waals surface area contributed by atoms with Crippen LogP contribution in [0.2, 0.25) is 0 Å². The van der Waals surface area contributed by atoms with Gasteiger partial charge < -0.3 is 15.0 Å². The fourth-order valence-electron chi connectivity index (χ4n) is 4.68. The maximum Gasteiger partial charge on any atom is 0.193 e. The first-order valence-electron chi connectivity index (χ1n) is 10.0. The lowest BCUT2D eigenvalue weighted by molar-refractivity contribution is 0.156. The molecule has 1 spiro atoms. The van der Waals surface area contributed by atoms with Crippen LogP contribution in [0.25, 0.3) is 0 Å². The average Bonchev–Trinajstić information content (AvgIpc) is 3.32. The van der Waals surface area contributed by atoms with Gasteiger partial charge in [-0.3, -0.25) is 9.89 Å². The molecule has 142 valence electrons. The van der Waals surface area contributed by atoms with Gasteiger partial charge in [0.2, 0.25) is 0 Å². The molecule has 0 aliphatic carbocycles. The standard InChI is InChI=1S/C21H32N4O/c1-17(24-10-7-18-5-3-4-6-19(18)14-24)13-23-20(22-2)25-11-8-21(15-25)9-12-26-16-21/h3-6,17H,7-16H2,1-2H3,(H,22,23). The van der Waals surface area contributed by atoms with Gasteiger partial charge in [-0.15, -0.1) is 0 Å². The number of likely N-dealkylation sites (tertiary alicyclic amines) is 1. The van der Waals surface area contributed by atoms with Crippen LogP contribution in [0.5, 0.6) is 0 Å². The van der Waals surface area contributed by atoms with Gasteiger partial charge in [-0.1, -0.05) is 24.3 Å². The zero-order valence-corrected chi connectivity index (χ0v) is 16.2. The second-order valence-electron chi connectivity index (χ2n) is 8.24. The number of rotatable bonds is 3. The first-order valence-corrected chi connectivity index (χ1v) is 10.0. The summed E-state index contributed by atoms with van der Waals surface area (Å²) in [5.41, 5.74) is 3.37. The third kappa shape index (κ3) is 3.60. The molecular formula is C21H32N4O. The topological polar surface area (TPSA) is 40.1 Å². The molecule has 1 aromatic rings. The second-order valence-corrected chi connectivity index (χ2v) is 8.24. The third-order valence-corrected chi connectivity index (χ3v) is 6.47. The SMILES string of the molecule is CN=C(NCC(C)N1CCc2ccccc2C1)N1CCC2(CCOC2)C1. The normalized spacial score (nSPS) is 27.8. The van der Waals surface area contributed by atoms with E-state index in [0.29, 0.717) is 11.5 Å². The number of guanidine groups is 1. The van der Waals surface area contributed by atoms with E-state index >= 15 is 0 Å². The number of fused-ring (bicyclic) bond motifs is 1.